The lowest BCUT2D eigenvalue weighted by molar-refractivity contribution is -0.137. The average molecular weight is 373 g/mol. The van der Waals surface area contributed by atoms with Crippen LogP contribution in [0.2, 0.25) is 0 Å². The second-order valence-electron chi connectivity index (χ2n) is 6.92. The summed E-state index contributed by atoms with van der Waals surface area (Å²) in [6, 6.07) is 7.05. The smallest absolute Gasteiger partial charge is 0.305 e. The molecule has 7 nitrogen and oxygen atoms in total. The molecule has 0 aliphatic carbocycles. The summed E-state index contributed by atoms with van der Waals surface area (Å²) in [5.41, 5.74) is 2.52. The third-order valence-electron chi connectivity index (χ3n) is 4.85. The lowest BCUT2D eigenvalue weighted by Crippen LogP contribution is -2.50. The number of aliphatic carboxylic acids is 1. The van der Waals surface area contributed by atoms with E-state index in [1.165, 1.54) is 0 Å². The molecule has 2 amide bonds. The zero-order valence-electron chi connectivity index (χ0n) is 16.2. The molecule has 2 rings (SSSR count). The van der Waals surface area contributed by atoms with Crippen molar-refractivity contribution in [2.24, 2.45) is 13.0 Å². The Morgan fingerprint density at radius 1 is 1.22 bits per heavy atom. The van der Waals surface area contributed by atoms with Crippen LogP contribution in [0.4, 0.5) is 0 Å². The minimum absolute atomic E-state index is 0.0320. The molecule has 1 heterocycles. The van der Waals surface area contributed by atoms with E-state index in [4.69, 9.17) is 5.11 Å². The Morgan fingerprint density at radius 2 is 1.93 bits per heavy atom. The van der Waals surface area contributed by atoms with Crippen LogP contribution in [0.25, 0.3) is 10.9 Å². The van der Waals surface area contributed by atoms with Gasteiger partial charge in [0.25, 0.3) is 5.91 Å². The minimum Gasteiger partial charge on any atom is -0.481 e. The number of rotatable bonds is 8. The lowest BCUT2D eigenvalue weighted by atomic mass is 9.98. The summed E-state index contributed by atoms with van der Waals surface area (Å²) >= 11 is 0. The number of aromatic nitrogens is 1. The molecule has 2 atom stereocenters. The predicted octanol–water partition coefficient (Wildman–Crippen LogP) is 2.22. The van der Waals surface area contributed by atoms with Crippen molar-refractivity contribution in [3.8, 4) is 0 Å². The number of carboxylic acid groups (broad SMARTS) is 1. The highest BCUT2D eigenvalue weighted by Crippen LogP contribution is 2.20. The van der Waals surface area contributed by atoms with Gasteiger partial charge >= 0.3 is 5.97 Å². The summed E-state index contributed by atoms with van der Waals surface area (Å²) in [6.07, 6.45) is 0.543. The molecule has 1 aromatic carbocycles. The fourth-order valence-electron chi connectivity index (χ4n) is 3.01. The molecule has 0 fully saturated rings. The SMILES string of the molecule is CCC(C)C(NC(=O)c1cc2cc(C)ccc2n1C)C(=O)NCCC(=O)O. The molecule has 0 aliphatic rings. The Bertz CT molecular complexity index is 856. The molecule has 0 bridgehead atoms. The topological polar surface area (TPSA) is 100 Å². The highest BCUT2D eigenvalue weighted by atomic mass is 16.4. The molecule has 0 saturated carbocycles. The van der Waals surface area contributed by atoms with E-state index in [-0.39, 0.29) is 30.7 Å². The monoisotopic (exact) mass is 373 g/mol. The summed E-state index contributed by atoms with van der Waals surface area (Å²) in [6.45, 7) is 5.84. The van der Waals surface area contributed by atoms with Gasteiger partial charge in [-0.25, -0.2) is 0 Å². The van der Waals surface area contributed by atoms with E-state index >= 15 is 0 Å². The quantitative estimate of drug-likeness (QED) is 0.660. The van der Waals surface area contributed by atoms with Gasteiger partial charge in [-0.3, -0.25) is 14.4 Å². The van der Waals surface area contributed by atoms with E-state index < -0.39 is 12.0 Å². The second-order valence-corrected chi connectivity index (χ2v) is 6.92. The number of hydrogen-bond acceptors (Lipinski definition) is 3. The maximum Gasteiger partial charge on any atom is 0.305 e. The predicted molar refractivity (Wildman–Crippen MR) is 104 cm³/mol. The molecule has 2 aromatic rings. The zero-order valence-corrected chi connectivity index (χ0v) is 16.2. The van der Waals surface area contributed by atoms with Gasteiger partial charge in [0.1, 0.15) is 11.7 Å². The first-order valence-electron chi connectivity index (χ1n) is 9.11. The van der Waals surface area contributed by atoms with Crippen molar-refractivity contribution < 1.29 is 19.5 Å². The number of aryl methyl sites for hydroxylation is 2. The maximum atomic E-state index is 12.8. The van der Waals surface area contributed by atoms with Crippen LogP contribution in [0.5, 0.6) is 0 Å². The van der Waals surface area contributed by atoms with Crippen LogP contribution >= 0.6 is 0 Å². The Hall–Kier alpha value is -2.83. The van der Waals surface area contributed by atoms with Gasteiger partial charge in [-0.2, -0.15) is 0 Å². The first-order valence-corrected chi connectivity index (χ1v) is 9.11. The Morgan fingerprint density at radius 3 is 2.56 bits per heavy atom. The number of carboxylic acids is 1. The van der Waals surface area contributed by atoms with Crippen LogP contribution in [0.1, 0.15) is 42.7 Å². The molecule has 0 radical (unpaired) electrons. The van der Waals surface area contributed by atoms with Gasteiger partial charge in [0, 0.05) is 24.5 Å². The van der Waals surface area contributed by atoms with Crippen molar-refractivity contribution in [2.75, 3.05) is 6.54 Å². The van der Waals surface area contributed by atoms with Gasteiger partial charge in [0.05, 0.1) is 6.42 Å². The van der Waals surface area contributed by atoms with Gasteiger partial charge < -0.3 is 20.3 Å². The third-order valence-corrected chi connectivity index (χ3v) is 4.85. The molecular weight excluding hydrogens is 346 g/mol. The summed E-state index contributed by atoms with van der Waals surface area (Å²) in [5.74, 6) is -1.76. The number of fused-ring (bicyclic) bond motifs is 1. The molecule has 27 heavy (non-hydrogen) atoms. The normalized spacial score (nSPS) is 13.2. The number of nitrogens with one attached hydrogen (secondary N) is 2. The van der Waals surface area contributed by atoms with Crippen LogP contribution in [-0.4, -0.2) is 40.0 Å². The highest BCUT2D eigenvalue weighted by molar-refractivity contribution is 6.01. The third kappa shape index (κ3) is 4.87. The van der Waals surface area contributed by atoms with Crippen molar-refractivity contribution in [1.82, 2.24) is 15.2 Å². The summed E-state index contributed by atoms with van der Waals surface area (Å²) in [4.78, 5) is 35.9. The number of nitrogens with zero attached hydrogens (tertiary/aromatic N) is 1. The number of benzene rings is 1. The van der Waals surface area contributed by atoms with Crippen LogP contribution in [0.15, 0.2) is 24.3 Å². The van der Waals surface area contributed by atoms with Gasteiger partial charge in [-0.15, -0.1) is 0 Å². The van der Waals surface area contributed by atoms with Crippen LogP contribution in [0.3, 0.4) is 0 Å². The molecule has 0 spiro atoms. The zero-order chi connectivity index (χ0) is 20.1. The molecule has 1 aromatic heterocycles. The van der Waals surface area contributed by atoms with Crippen LogP contribution in [-0.2, 0) is 16.6 Å². The highest BCUT2D eigenvalue weighted by Gasteiger charge is 2.27. The number of carbonyl (C=O) groups excluding carboxylic acids is 2. The number of amides is 2. The Balaban J connectivity index is 2.19. The molecule has 146 valence electrons. The molecular formula is C20H27N3O4. The van der Waals surface area contributed by atoms with Gasteiger partial charge in [0.2, 0.25) is 5.91 Å². The summed E-state index contributed by atoms with van der Waals surface area (Å²) in [5, 5.41) is 15.1. The largest absolute Gasteiger partial charge is 0.481 e. The maximum absolute atomic E-state index is 12.8. The first-order chi connectivity index (χ1) is 12.7. The standard InChI is InChI=1S/C20H27N3O4/c1-5-13(3)18(20(27)21-9-8-17(24)25)22-19(26)16-11-14-10-12(2)6-7-15(14)23(16)4/h6-7,10-11,13,18H,5,8-9H2,1-4H3,(H,21,27)(H,22,26)(H,24,25). The van der Waals surface area contributed by atoms with Crippen LogP contribution in [0, 0.1) is 12.8 Å². The van der Waals surface area contributed by atoms with E-state index in [2.05, 4.69) is 10.6 Å². The lowest BCUT2D eigenvalue weighted by Gasteiger charge is -2.23. The molecule has 0 aliphatic heterocycles. The van der Waals surface area contributed by atoms with Crippen molar-refractivity contribution in [3.63, 3.8) is 0 Å². The molecule has 2 unspecified atom stereocenters. The van der Waals surface area contributed by atoms with Crippen molar-refractivity contribution in [1.29, 1.82) is 0 Å². The minimum atomic E-state index is -0.981. The van der Waals surface area contributed by atoms with Gasteiger partial charge in [0.15, 0.2) is 0 Å². The first kappa shape index (κ1) is 20.5. The number of hydrogen-bond donors (Lipinski definition) is 3. The summed E-state index contributed by atoms with van der Waals surface area (Å²) in [7, 11) is 1.82. The molecule has 0 saturated heterocycles. The van der Waals surface area contributed by atoms with E-state index in [9.17, 15) is 14.4 Å². The van der Waals surface area contributed by atoms with E-state index in [0.29, 0.717) is 12.1 Å². The Kier molecular flexibility index (Phi) is 6.60. The second kappa shape index (κ2) is 8.70. The van der Waals surface area contributed by atoms with Crippen molar-refractivity contribution >= 4 is 28.7 Å². The fourth-order valence-corrected chi connectivity index (χ4v) is 3.01. The molecule has 7 heteroatoms. The van der Waals surface area contributed by atoms with Gasteiger partial charge in [-0.1, -0.05) is 31.9 Å². The summed E-state index contributed by atoms with van der Waals surface area (Å²) < 4.78 is 1.81. The van der Waals surface area contributed by atoms with Crippen molar-refractivity contribution in [3.05, 3.63) is 35.5 Å². The average Bonchev–Trinajstić information content (AvgIpc) is 2.94. The van der Waals surface area contributed by atoms with E-state index in [1.54, 1.807) is 4.57 Å². The fraction of sp³-hybridized carbons (Fsp3) is 0.450. The molecule has 3 N–H and O–H groups in total. The van der Waals surface area contributed by atoms with Crippen LogP contribution < -0.4 is 10.6 Å². The van der Waals surface area contributed by atoms with Crippen molar-refractivity contribution in [2.45, 2.75) is 39.7 Å². The number of carbonyl (C=O) groups is 3. The van der Waals surface area contributed by atoms with Gasteiger partial charge in [-0.05, 0) is 31.0 Å². The Labute approximate surface area is 158 Å². The van der Waals surface area contributed by atoms with E-state index in [0.717, 1.165) is 16.5 Å². The van der Waals surface area contributed by atoms with E-state index in [1.807, 2.05) is 52.1 Å².